The third kappa shape index (κ3) is 2.15. The van der Waals surface area contributed by atoms with Crippen LogP contribution in [0.4, 0.5) is 0 Å². The summed E-state index contributed by atoms with van der Waals surface area (Å²) in [5.74, 6) is 0.838. The molecule has 1 N–H and O–H groups in total. The van der Waals surface area contributed by atoms with E-state index in [1.165, 1.54) is 37.2 Å². The Morgan fingerprint density at radius 2 is 2.21 bits per heavy atom. The number of aryl methyl sites for hydroxylation is 2. The minimum absolute atomic E-state index is 0.838. The minimum Gasteiger partial charge on any atom is -0.317 e. The van der Waals surface area contributed by atoms with Crippen LogP contribution in [0.25, 0.3) is 0 Å². The van der Waals surface area contributed by atoms with Crippen molar-refractivity contribution < 1.29 is 0 Å². The van der Waals surface area contributed by atoms with Crippen molar-refractivity contribution in [2.75, 3.05) is 13.1 Å². The number of nitrogens with one attached hydrogen (secondary N) is 1. The maximum atomic E-state index is 4.50. The first kappa shape index (κ1) is 9.71. The van der Waals surface area contributed by atoms with Crippen molar-refractivity contribution in [3.63, 3.8) is 0 Å². The first-order chi connectivity index (χ1) is 6.75. The molecule has 0 bridgehead atoms. The largest absolute Gasteiger partial charge is 0.317 e. The molecule has 0 unspecified atom stereocenters. The van der Waals surface area contributed by atoms with Gasteiger partial charge >= 0.3 is 0 Å². The summed E-state index contributed by atoms with van der Waals surface area (Å²) in [4.78, 5) is 0. The molecule has 1 aromatic rings. The third-order valence-corrected chi connectivity index (χ3v) is 3.05. The van der Waals surface area contributed by atoms with Crippen LogP contribution in [-0.2, 0) is 13.5 Å². The van der Waals surface area contributed by atoms with Gasteiger partial charge in [-0.25, -0.2) is 0 Å². The van der Waals surface area contributed by atoms with Crippen LogP contribution >= 0.6 is 0 Å². The Balaban J connectivity index is 1.98. The Morgan fingerprint density at radius 1 is 1.50 bits per heavy atom. The summed E-state index contributed by atoms with van der Waals surface area (Å²) in [5, 5.41) is 7.90. The fourth-order valence-electron chi connectivity index (χ4n) is 2.21. The van der Waals surface area contributed by atoms with Crippen LogP contribution in [0.5, 0.6) is 0 Å². The van der Waals surface area contributed by atoms with Crippen molar-refractivity contribution in [3.8, 4) is 0 Å². The van der Waals surface area contributed by atoms with Crippen molar-refractivity contribution in [1.29, 1.82) is 0 Å². The number of piperidine rings is 1. The second kappa shape index (κ2) is 4.13. The summed E-state index contributed by atoms with van der Waals surface area (Å²) in [6.45, 7) is 4.51. The lowest BCUT2D eigenvalue weighted by atomic mass is 9.92. The van der Waals surface area contributed by atoms with Crippen LogP contribution < -0.4 is 5.32 Å². The normalized spacial score (nSPS) is 18.7. The van der Waals surface area contributed by atoms with Crippen molar-refractivity contribution in [3.05, 3.63) is 17.5 Å². The summed E-state index contributed by atoms with van der Waals surface area (Å²) in [6.07, 6.45) is 5.87. The molecule has 3 heteroatoms. The van der Waals surface area contributed by atoms with Crippen molar-refractivity contribution in [1.82, 2.24) is 15.1 Å². The van der Waals surface area contributed by atoms with Crippen LogP contribution in [0.3, 0.4) is 0 Å². The average Bonchev–Trinajstić information content (AvgIpc) is 2.47. The predicted molar refractivity (Wildman–Crippen MR) is 57.2 cm³/mol. The van der Waals surface area contributed by atoms with Gasteiger partial charge in [-0.15, -0.1) is 0 Å². The Bertz CT molecular complexity index is 297. The summed E-state index contributed by atoms with van der Waals surface area (Å²) >= 11 is 0. The zero-order valence-corrected chi connectivity index (χ0v) is 9.08. The van der Waals surface area contributed by atoms with Crippen molar-refractivity contribution >= 4 is 0 Å². The molecule has 0 amide bonds. The number of rotatable bonds is 2. The van der Waals surface area contributed by atoms with E-state index in [2.05, 4.69) is 23.5 Å². The second-order valence-electron chi connectivity index (χ2n) is 4.33. The van der Waals surface area contributed by atoms with Gasteiger partial charge < -0.3 is 5.32 Å². The summed E-state index contributed by atoms with van der Waals surface area (Å²) < 4.78 is 1.92. The van der Waals surface area contributed by atoms with Crippen LogP contribution in [-0.4, -0.2) is 22.9 Å². The van der Waals surface area contributed by atoms with E-state index in [0.717, 1.165) is 12.3 Å². The molecule has 78 valence electrons. The molecular formula is C11H19N3. The molecule has 0 aliphatic carbocycles. The van der Waals surface area contributed by atoms with E-state index in [1.54, 1.807) is 0 Å². The number of hydrogen-bond donors (Lipinski definition) is 1. The maximum absolute atomic E-state index is 4.50. The van der Waals surface area contributed by atoms with Gasteiger partial charge in [0.05, 0.1) is 5.69 Å². The Kier molecular flexibility index (Phi) is 2.87. The van der Waals surface area contributed by atoms with E-state index >= 15 is 0 Å². The number of nitrogens with zero attached hydrogens (tertiary/aromatic N) is 2. The molecule has 14 heavy (non-hydrogen) atoms. The average molecular weight is 193 g/mol. The molecule has 1 saturated heterocycles. The number of hydrogen-bond acceptors (Lipinski definition) is 2. The first-order valence-corrected chi connectivity index (χ1v) is 5.45. The highest BCUT2D eigenvalue weighted by Gasteiger charge is 2.15. The fraction of sp³-hybridized carbons (Fsp3) is 0.727. The van der Waals surface area contributed by atoms with Crippen molar-refractivity contribution in [2.24, 2.45) is 13.0 Å². The molecule has 1 aromatic heterocycles. The van der Waals surface area contributed by atoms with Gasteiger partial charge in [0.2, 0.25) is 0 Å². The lowest BCUT2D eigenvalue weighted by Gasteiger charge is -2.21. The van der Waals surface area contributed by atoms with E-state index in [1.807, 2.05) is 11.7 Å². The quantitative estimate of drug-likeness (QED) is 0.766. The standard InChI is InChI=1S/C11H19N3/c1-9-8-14(2)13-11(9)7-10-3-5-12-6-4-10/h8,10,12H,3-7H2,1-2H3. The summed E-state index contributed by atoms with van der Waals surface area (Å²) in [7, 11) is 2.00. The number of aromatic nitrogens is 2. The van der Waals surface area contributed by atoms with Crippen LogP contribution in [0.2, 0.25) is 0 Å². The van der Waals surface area contributed by atoms with E-state index in [-0.39, 0.29) is 0 Å². The van der Waals surface area contributed by atoms with Crippen LogP contribution in [0.1, 0.15) is 24.1 Å². The van der Waals surface area contributed by atoms with Gasteiger partial charge in [-0.1, -0.05) is 0 Å². The molecule has 1 aliphatic rings. The van der Waals surface area contributed by atoms with Gasteiger partial charge in [0.15, 0.2) is 0 Å². The molecule has 3 nitrogen and oxygen atoms in total. The molecule has 0 aromatic carbocycles. The molecule has 1 aliphatic heterocycles. The zero-order valence-electron chi connectivity index (χ0n) is 9.08. The minimum atomic E-state index is 0.838. The molecule has 0 atom stereocenters. The lowest BCUT2D eigenvalue weighted by Crippen LogP contribution is -2.28. The predicted octanol–water partition coefficient (Wildman–Crippen LogP) is 1.27. The van der Waals surface area contributed by atoms with Gasteiger partial charge in [0.1, 0.15) is 0 Å². The molecule has 0 spiro atoms. The highest BCUT2D eigenvalue weighted by molar-refractivity contribution is 5.15. The molecule has 0 saturated carbocycles. The third-order valence-electron chi connectivity index (χ3n) is 3.05. The second-order valence-corrected chi connectivity index (χ2v) is 4.33. The summed E-state index contributed by atoms with van der Waals surface area (Å²) in [6, 6.07) is 0. The van der Waals surface area contributed by atoms with E-state index < -0.39 is 0 Å². The van der Waals surface area contributed by atoms with Gasteiger partial charge in [-0.05, 0) is 50.8 Å². The Labute approximate surface area is 85.5 Å². The highest BCUT2D eigenvalue weighted by atomic mass is 15.2. The maximum Gasteiger partial charge on any atom is 0.0656 e. The SMILES string of the molecule is Cc1cn(C)nc1CC1CCNCC1. The molecular weight excluding hydrogens is 174 g/mol. The van der Waals surface area contributed by atoms with E-state index in [9.17, 15) is 0 Å². The van der Waals surface area contributed by atoms with E-state index in [4.69, 9.17) is 0 Å². The van der Waals surface area contributed by atoms with Gasteiger partial charge in [0.25, 0.3) is 0 Å². The highest BCUT2D eigenvalue weighted by Crippen LogP contribution is 2.18. The molecule has 2 heterocycles. The van der Waals surface area contributed by atoms with Crippen LogP contribution in [0, 0.1) is 12.8 Å². The zero-order chi connectivity index (χ0) is 9.97. The van der Waals surface area contributed by atoms with Gasteiger partial charge in [0, 0.05) is 13.2 Å². The topological polar surface area (TPSA) is 29.9 Å². The van der Waals surface area contributed by atoms with Gasteiger partial charge in [-0.3, -0.25) is 4.68 Å². The molecule has 2 rings (SSSR count). The monoisotopic (exact) mass is 193 g/mol. The van der Waals surface area contributed by atoms with E-state index in [0.29, 0.717) is 0 Å². The van der Waals surface area contributed by atoms with Crippen molar-refractivity contribution in [2.45, 2.75) is 26.2 Å². The Morgan fingerprint density at radius 3 is 2.79 bits per heavy atom. The van der Waals surface area contributed by atoms with Gasteiger partial charge in [-0.2, -0.15) is 5.10 Å². The molecule has 1 fully saturated rings. The first-order valence-electron chi connectivity index (χ1n) is 5.45. The fourth-order valence-corrected chi connectivity index (χ4v) is 2.21. The summed E-state index contributed by atoms with van der Waals surface area (Å²) in [5.41, 5.74) is 2.63. The molecule has 0 radical (unpaired) electrons. The van der Waals surface area contributed by atoms with Crippen LogP contribution in [0.15, 0.2) is 6.20 Å². The lowest BCUT2D eigenvalue weighted by molar-refractivity contribution is 0.369. The smallest absolute Gasteiger partial charge is 0.0656 e. The Hall–Kier alpha value is -0.830.